The van der Waals surface area contributed by atoms with Crippen molar-refractivity contribution in [2.75, 3.05) is 11.5 Å². The van der Waals surface area contributed by atoms with Crippen LogP contribution in [0.15, 0.2) is 36.7 Å². The highest BCUT2D eigenvalue weighted by molar-refractivity contribution is 7.84. The molecule has 1 heterocycles. The second-order valence-corrected chi connectivity index (χ2v) is 14.6. The number of amides is 1. The van der Waals surface area contributed by atoms with E-state index in [4.69, 9.17) is 14.2 Å². The molecule has 0 aliphatic carbocycles. The van der Waals surface area contributed by atoms with Crippen LogP contribution in [-0.2, 0) is 36.3 Å². The summed E-state index contributed by atoms with van der Waals surface area (Å²) in [6, 6.07) is 5.10. The molecule has 3 atom stereocenters. The number of rotatable bonds is 12. The second kappa shape index (κ2) is 14.4. The van der Waals surface area contributed by atoms with Gasteiger partial charge in [0.1, 0.15) is 23.0 Å². The minimum atomic E-state index is -5.20. The Hall–Kier alpha value is -3.30. The lowest BCUT2D eigenvalue weighted by atomic mass is 9.96. The maximum absolute atomic E-state index is 14.1. The first kappa shape index (κ1) is 37.9. The van der Waals surface area contributed by atoms with Crippen LogP contribution in [0.1, 0.15) is 79.5 Å². The molecular formula is C30H42F3N3O8S. The van der Waals surface area contributed by atoms with Crippen LogP contribution in [0, 0.1) is 0 Å². The number of nitrogens with zero attached hydrogens (tertiary/aromatic N) is 2. The van der Waals surface area contributed by atoms with Crippen LogP contribution in [0.5, 0.6) is 11.6 Å². The Labute approximate surface area is 263 Å². The first-order valence-corrected chi connectivity index (χ1v) is 15.6. The van der Waals surface area contributed by atoms with Crippen molar-refractivity contribution in [3.63, 3.8) is 0 Å². The van der Waals surface area contributed by atoms with E-state index in [1.165, 1.54) is 6.07 Å². The number of aromatic nitrogens is 2. The van der Waals surface area contributed by atoms with Crippen molar-refractivity contribution >= 4 is 22.9 Å². The number of nitrogens with one attached hydrogen (secondary N) is 1. The van der Waals surface area contributed by atoms with Crippen LogP contribution in [0.25, 0.3) is 0 Å². The lowest BCUT2D eigenvalue weighted by Gasteiger charge is -2.29. The van der Waals surface area contributed by atoms with Crippen molar-refractivity contribution in [2.24, 2.45) is 0 Å². The van der Waals surface area contributed by atoms with Crippen molar-refractivity contribution in [2.45, 2.75) is 103 Å². The summed E-state index contributed by atoms with van der Waals surface area (Å²) in [6.07, 6.45) is -5.75. The maximum atomic E-state index is 14.1. The number of alkyl carbamates (subject to hydrolysis) is 1. The molecule has 15 heteroatoms. The Morgan fingerprint density at radius 3 is 2.07 bits per heavy atom. The van der Waals surface area contributed by atoms with Crippen LogP contribution >= 0.6 is 0 Å². The van der Waals surface area contributed by atoms with E-state index < -0.39 is 75.4 Å². The van der Waals surface area contributed by atoms with Gasteiger partial charge in [0.15, 0.2) is 0 Å². The summed E-state index contributed by atoms with van der Waals surface area (Å²) >= 11 is 0. The zero-order chi connectivity index (χ0) is 34.4. The summed E-state index contributed by atoms with van der Waals surface area (Å²) in [5, 5.41) is 23.3. The van der Waals surface area contributed by atoms with Gasteiger partial charge in [0.2, 0.25) is 11.5 Å². The number of benzene rings is 1. The van der Waals surface area contributed by atoms with Crippen LogP contribution in [0.3, 0.4) is 0 Å². The first-order chi connectivity index (χ1) is 20.4. The van der Waals surface area contributed by atoms with Crippen molar-refractivity contribution in [1.82, 2.24) is 15.3 Å². The molecule has 2 aromatic rings. The number of hydrogen-bond acceptors (Lipinski definition) is 10. The van der Waals surface area contributed by atoms with Gasteiger partial charge in [-0.3, -0.25) is 9.19 Å². The number of alkyl halides is 3. The zero-order valence-corrected chi connectivity index (χ0v) is 27.5. The summed E-state index contributed by atoms with van der Waals surface area (Å²) < 4.78 is 71.1. The molecule has 45 heavy (non-hydrogen) atoms. The maximum Gasteiger partial charge on any atom is 0.423 e. The topological polar surface area (TPSA) is 157 Å². The fraction of sp³-hybridized carbons (Fsp3) is 0.600. The van der Waals surface area contributed by atoms with Gasteiger partial charge in [0.25, 0.3) is 0 Å². The number of carbonyl (C=O) groups is 2. The quantitative estimate of drug-likeness (QED) is 0.264. The van der Waals surface area contributed by atoms with Crippen LogP contribution in [-0.4, -0.2) is 71.4 Å². The number of ether oxygens (including phenoxy) is 3. The summed E-state index contributed by atoms with van der Waals surface area (Å²) in [6.45, 7) is 12.8. The lowest BCUT2D eigenvalue weighted by molar-refractivity contribution is -0.269. The lowest BCUT2D eigenvalue weighted by Crippen LogP contribution is -2.47. The molecule has 1 aromatic carbocycles. The van der Waals surface area contributed by atoms with Crippen molar-refractivity contribution in [3.05, 3.63) is 47.9 Å². The number of halogens is 3. The summed E-state index contributed by atoms with van der Waals surface area (Å²) in [7, 11) is -1.96. The highest BCUT2D eigenvalue weighted by Crippen LogP contribution is 2.41. The number of hydrogen-bond donors (Lipinski definition) is 3. The summed E-state index contributed by atoms with van der Waals surface area (Å²) in [5.74, 6) is -1.65. The molecule has 3 N–H and O–H groups in total. The first-order valence-electron chi connectivity index (χ1n) is 14.1. The Kier molecular flexibility index (Phi) is 12.1. The van der Waals surface area contributed by atoms with Gasteiger partial charge in [-0.05, 0) is 79.5 Å². The Morgan fingerprint density at radius 2 is 1.56 bits per heavy atom. The molecule has 3 unspecified atom stereocenters. The molecule has 0 spiro atoms. The number of carbonyl (C=O) groups excluding carboxylic acids is 2. The van der Waals surface area contributed by atoms with Gasteiger partial charge in [-0.15, -0.1) is 0 Å². The third-order valence-corrected chi connectivity index (χ3v) is 7.34. The van der Waals surface area contributed by atoms with E-state index in [1.807, 2.05) is 0 Å². The molecular weight excluding hydrogens is 619 g/mol. The van der Waals surface area contributed by atoms with Gasteiger partial charge in [-0.1, -0.05) is 12.1 Å². The Morgan fingerprint density at radius 1 is 0.933 bits per heavy atom. The van der Waals surface area contributed by atoms with Gasteiger partial charge >= 0.3 is 18.2 Å². The van der Waals surface area contributed by atoms with Crippen LogP contribution in [0.4, 0.5) is 18.0 Å². The second-order valence-electron chi connectivity index (χ2n) is 12.9. The number of esters is 1. The predicted octanol–water partition coefficient (Wildman–Crippen LogP) is 5.01. The summed E-state index contributed by atoms with van der Waals surface area (Å²) in [5.41, 5.74) is -6.74. The number of aliphatic hydroxyl groups is 2. The largest absolute Gasteiger partial charge is 0.458 e. The predicted molar refractivity (Wildman–Crippen MR) is 160 cm³/mol. The highest BCUT2D eigenvalue weighted by atomic mass is 32.2. The van der Waals surface area contributed by atoms with E-state index in [0.717, 1.165) is 12.4 Å². The third-order valence-electron chi connectivity index (χ3n) is 5.99. The molecule has 252 valence electrons. The zero-order valence-electron chi connectivity index (χ0n) is 26.7. The van der Waals surface area contributed by atoms with Gasteiger partial charge < -0.3 is 29.7 Å². The molecule has 11 nitrogen and oxygen atoms in total. The van der Waals surface area contributed by atoms with E-state index in [0.29, 0.717) is 5.56 Å². The Bertz CT molecular complexity index is 1340. The van der Waals surface area contributed by atoms with Gasteiger partial charge in [0.05, 0.1) is 23.7 Å². The fourth-order valence-corrected chi connectivity index (χ4v) is 4.97. The normalized spacial score (nSPS) is 15.4. The smallest absolute Gasteiger partial charge is 0.423 e. The molecule has 0 saturated heterocycles. The van der Waals surface area contributed by atoms with Crippen molar-refractivity contribution < 1.29 is 51.4 Å². The van der Waals surface area contributed by atoms with Gasteiger partial charge in [-0.25, -0.2) is 14.6 Å². The SMILES string of the molecule is CC(C)(C)OC(=O)NC(CCS(=O)CCC(O)(c1cnc(Oc2cccc(C(C)(C)O)c2)cn1)C(F)(F)F)C(=O)OC(C)(C)C. The van der Waals surface area contributed by atoms with Crippen LogP contribution < -0.4 is 10.1 Å². The molecule has 0 saturated carbocycles. The average Bonchev–Trinajstić information content (AvgIpc) is 2.87. The van der Waals surface area contributed by atoms with Crippen molar-refractivity contribution in [3.8, 4) is 11.6 Å². The standard InChI is InChI=1S/C30H42F3N3O8S/c1-26(2,3)43-24(37)21(36-25(38)44-27(4,5)6)12-14-45(41)15-13-29(40,30(31,32)33)22-17-35-23(18-34-22)42-20-11-9-10-19(16-20)28(7,8)39/h9-11,16-18,21,39-40H,12-15H2,1-8H3,(H,36,38). The fourth-order valence-electron chi connectivity index (χ4n) is 3.74. The van der Waals surface area contributed by atoms with E-state index in [-0.39, 0.29) is 23.8 Å². The van der Waals surface area contributed by atoms with Gasteiger partial charge in [-0.2, -0.15) is 13.2 Å². The molecule has 0 radical (unpaired) electrons. The molecule has 1 aromatic heterocycles. The molecule has 0 fully saturated rings. The monoisotopic (exact) mass is 661 g/mol. The molecule has 0 aliphatic heterocycles. The molecule has 0 aliphatic rings. The average molecular weight is 662 g/mol. The third kappa shape index (κ3) is 12.2. The molecule has 0 bridgehead atoms. The minimum absolute atomic E-state index is 0.162. The van der Waals surface area contributed by atoms with E-state index in [9.17, 15) is 37.2 Å². The molecule has 2 rings (SSSR count). The highest BCUT2D eigenvalue weighted by Gasteiger charge is 2.56. The summed E-state index contributed by atoms with van der Waals surface area (Å²) in [4.78, 5) is 32.5. The van der Waals surface area contributed by atoms with Gasteiger partial charge in [0, 0.05) is 28.7 Å². The molecule has 1 amide bonds. The van der Waals surface area contributed by atoms with Crippen LogP contribution in [0.2, 0.25) is 0 Å². The van der Waals surface area contributed by atoms with E-state index >= 15 is 0 Å². The van der Waals surface area contributed by atoms with E-state index in [2.05, 4.69) is 15.3 Å². The van der Waals surface area contributed by atoms with E-state index in [1.54, 1.807) is 73.6 Å². The minimum Gasteiger partial charge on any atom is -0.458 e. The van der Waals surface area contributed by atoms with Crippen molar-refractivity contribution in [1.29, 1.82) is 0 Å². The Balaban J connectivity index is 2.13.